The maximum atomic E-state index is 12.2. The number of allylic oxidation sites excluding steroid dienone is 1. The number of rotatable bonds is 3. The Bertz CT molecular complexity index is 692. The number of nitrogens with zero attached hydrogens (tertiary/aromatic N) is 1. The fourth-order valence-corrected chi connectivity index (χ4v) is 2.58. The molecular formula is C16H16N2O3. The zero-order chi connectivity index (χ0) is 14.8. The molecule has 1 fully saturated rings. The molecule has 2 aliphatic carbocycles. The number of hydrogen-bond acceptors (Lipinski definition) is 4. The molecule has 1 aromatic rings. The number of carbonyl (C=O) groups excluding carboxylic acids is 1. The normalized spacial score (nSPS) is 21.3. The lowest BCUT2D eigenvalue weighted by atomic mass is 9.98. The highest BCUT2D eigenvalue weighted by molar-refractivity contribution is 5.89. The number of aromatic nitrogens is 1. The molecule has 1 N–H and O–H groups in total. The lowest BCUT2D eigenvalue weighted by molar-refractivity contribution is 0.0277. The topological polar surface area (TPSA) is 82.9 Å². The minimum Gasteiger partial charge on any atom is -0.458 e. The first-order valence-electron chi connectivity index (χ1n) is 7.20. The van der Waals surface area contributed by atoms with E-state index in [0.717, 1.165) is 31.4 Å². The predicted molar refractivity (Wildman–Crippen MR) is 75.8 cm³/mol. The van der Waals surface area contributed by atoms with Crippen molar-refractivity contribution in [1.82, 2.24) is 4.98 Å². The van der Waals surface area contributed by atoms with Gasteiger partial charge >= 0.3 is 5.97 Å². The number of esters is 1. The third-order valence-electron chi connectivity index (χ3n) is 3.86. The molecule has 1 aromatic heterocycles. The Morgan fingerprint density at radius 1 is 1.33 bits per heavy atom. The van der Waals surface area contributed by atoms with Gasteiger partial charge in [0.1, 0.15) is 6.10 Å². The van der Waals surface area contributed by atoms with Gasteiger partial charge in [0.15, 0.2) is 0 Å². The molecule has 0 spiro atoms. The van der Waals surface area contributed by atoms with Gasteiger partial charge in [0, 0.05) is 23.8 Å². The minimum absolute atomic E-state index is 0.271. The third-order valence-corrected chi connectivity index (χ3v) is 3.86. The number of nitrogens with one attached hydrogen (secondary N) is 1. The first-order valence-corrected chi connectivity index (χ1v) is 7.20. The van der Waals surface area contributed by atoms with E-state index in [-0.39, 0.29) is 11.7 Å². The van der Waals surface area contributed by atoms with E-state index in [1.807, 2.05) is 6.08 Å². The molecule has 0 radical (unpaired) electrons. The van der Waals surface area contributed by atoms with Gasteiger partial charge in [0.05, 0.1) is 11.6 Å². The van der Waals surface area contributed by atoms with Crippen molar-refractivity contribution in [3.05, 3.63) is 45.4 Å². The van der Waals surface area contributed by atoms with E-state index in [9.17, 15) is 9.59 Å². The van der Waals surface area contributed by atoms with E-state index in [4.69, 9.17) is 10.00 Å². The van der Waals surface area contributed by atoms with Gasteiger partial charge in [0.25, 0.3) is 0 Å². The molecule has 1 heterocycles. The number of ether oxygens (including phenoxy) is 1. The number of hydrogen-bond donors (Lipinski definition) is 1. The molecular weight excluding hydrogens is 268 g/mol. The van der Waals surface area contributed by atoms with E-state index in [1.54, 1.807) is 6.07 Å². The summed E-state index contributed by atoms with van der Waals surface area (Å²) in [4.78, 5) is 26.6. The molecule has 0 aliphatic heterocycles. The van der Waals surface area contributed by atoms with Crippen molar-refractivity contribution in [1.29, 1.82) is 5.26 Å². The first-order chi connectivity index (χ1) is 10.2. The summed E-state index contributed by atoms with van der Waals surface area (Å²) in [6.07, 6.45) is 5.62. The standard InChI is InChI=1S/C16H16N2O3/c17-9-10-2-1-3-13(6-10)21-16(20)12-7-14(11-4-5-11)18-15(19)8-12/h2,7-8,11,13H,1,3-6H2,(H,18,19). The fraction of sp³-hybridized carbons (Fsp3) is 0.438. The molecule has 3 rings (SSSR count). The molecule has 0 bridgehead atoms. The Labute approximate surface area is 122 Å². The Balaban J connectivity index is 1.72. The second kappa shape index (κ2) is 5.57. The van der Waals surface area contributed by atoms with Crippen molar-refractivity contribution < 1.29 is 9.53 Å². The third kappa shape index (κ3) is 3.22. The van der Waals surface area contributed by atoms with Crippen LogP contribution < -0.4 is 5.56 Å². The van der Waals surface area contributed by atoms with E-state index in [2.05, 4.69) is 11.1 Å². The zero-order valence-corrected chi connectivity index (χ0v) is 11.6. The van der Waals surface area contributed by atoms with Crippen LogP contribution in [-0.4, -0.2) is 17.1 Å². The molecule has 5 nitrogen and oxygen atoms in total. The highest BCUT2D eigenvalue weighted by Crippen LogP contribution is 2.38. The van der Waals surface area contributed by atoms with Gasteiger partial charge < -0.3 is 9.72 Å². The van der Waals surface area contributed by atoms with Crippen molar-refractivity contribution in [3.8, 4) is 6.07 Å². The summed E-state index contributed by atoms with van der Waals surface area (Å²) in [7, 11) is 0. The van der Waals surface area contributed by atoms with Crippen LogP contribution in [-0.2, 0) is 4.74 Å². The maximum absolute atomic E-state index is 12.2. The van der Waals surface area contributed by atoms with E-state index in [0.29, 0.717) is 23.5 Å². The molecule has 1 unspecified atom stereocenters. The van der Waals surface area contributed by atoms with Crippen LogP contribution in [0.5, 0.6) is 0 Å². The van der Waals surface area contributed by atoms with Crippen LogP contribution in [0.4, 0.5) is 0 Å². The van der Waals surface area contributed by atoms with Gasteiger partial charge in [0.2, 0.25) is 5.56 Å². The molecule has 1 saturated carbocycles. The Kier molecular flexibility index (Phi) is 3.61. The molecule has 2 aliphatic rings. The quantitative estimate of drug-likeness (QED) is 0.864. The highest BCUT2D eigenvalue weighted by Gasteiger charge is 2.26. The number of H-pyrrole nitrogens is 1. The van der Waals surface area contributed by atoms with E-state index < -0.39 is 5.97 Å². The number of pyridine rings is 1. The average molecular weight is 284 g/mol. The van der Waals surface area contributed by atoms with Gasteiger partial charge in [-0.1, -0.05) is 6.08 Å². The van der Waals surface area contributed by atoms with Crippen LogP contribution in [0.15, 0.2) is 28.6 Å². The van der Waals surface area contributed by atoms with Crippen LogP contribution in [0.3, 0.4) is 0 Å². The lowest BCUT2D eigenvalue weighted by Crippen LogP contribution is -2.22. The summed E-state index contributed by atoms with van der Waals surface area (Å²) in [5.41, 5.74) is 1.50. The first kappa shape index (κ1) is 13.6. The van der Waals surface area contributed by atoms with E-state index >= 15 is 0 Å². The smallest absolute Gasteiger partial charge is 0.338 e. The summed E-state index contributed by atoms with van der Waals surface area (Å²) >= 11 is 0. The van der Waals surface area contributed by atoms with Crippen molar-refractivity contribution in [3.63, 3.8) is 0 Å². The van der Waals surface area contributed by atoms with Crippen molar-refractivity contribution in [2.75, 3.05) is 0 Å². The molecule has 21 heavy (non-hydrogen) atoms. The van der Waals surface area contributed by atoms with Crippen LogP contribution in [0.2, 0.25) is 0 Å². The molecule has 0 amide bonds. The van der Waals surface area contributed by atoms with Gasteiger partial charge in [-0.15, -0.1) is 0 Å². The van der Waals surface area contributed by atoms with Crippen LogP contribution >= 0.6 is 0 Å². The van der Waals surface area contributed by atoms with Gasteiger partial charge in [-0.2, -0.15) is 5.26 Å². The zero-order valence-electron chi connectivity index (χ0n) is 11.6. The highest BCUT2D eigenvalue weighted by atomic mass is 16.5. The van der Waals surface area contributed by atoms with Crippen molar-refractivity contribution in [2.45, 2.75) is 44.1 Å². The summed E-state index contributed by atoms with van der Waals surface area (Å²) in [5, 5.41) is 8.90. The van der Waals surface area contributed by atoms with Crippen LogP contribution in [0.1, 0.15) is 54.1 Å². The molecule has 1 atom stereocenters. The maximum Gasteiger partial charge on any atom is 0.338 e. The summed E-state index contributed by atoms with van der Waals surface area (Å²) < 4.78 is 5.44. The SMILES string of the molecule is N#CC1=CCCC(OC(=O)c2cc(C3CC3)[nH]c(=O)c2)C1. The Morgan fingerprint density at radius 3 is 2.86 bits per heavy atom. The second-order valence-electron chi connectivity index (χ2n) is 5.61. The van der Waals surface area contributed by atoms with E-state index in [1.165, 1.54) is 6.07 Å². The second-order valence-corrected chi connectivity index (χ2v) is 5.61. The number of carbonyl (C=O) groups is 1. The van der Waals surface area contributed by atoms with Gasteiger partial charge in [-0.25, -0.2) is 4.79 Å². The Morgan fingerprint density at radius 2 is 2.14 bits per heavy atom. The summed E-state index contributed by atoms with van der Waals surface area (Å²) in [6.45, 7) is 0. The molecule has 108 valence electrons. The summed E-state index contributed by atoms with van der Waals surface area (Å²) in [5.74, 6) is -0.111. The number of aromatic amines is 1. The monoisotopic (exact) mass is 284 g/mol. The average Bonchev–Trinajstić information content (AvgIpc) is 3.31. The Hall–Kier alpha value is -2.35. The predicted octanol–water partition coefficient (Wildman–Crippen LogP) is 2.41. The number of nitriles is 1. The van der Waals surface area contributed by atoms with Gasteiger partial charge in [-0.3, -0.25) is 4.79 Å². The summed E-state index contributed by atoms with van der Waals surface area (Å²) in [6, 6.07) is 5.09. The van der Waals surface area contributed by atoms with Crippen molar-refractivity contribution >= 4 is 5.97 Å². The van der Waals surface area contributed by atoms with Crippen LogP contribution in [0.25, 0.3) is 0 Å². The fourth-order valence-electron chi connectivity index (χ4n) is 2.58. The lowest BCUT2D eigenvalue weighted by Gasteiger charge is -2.20. The minimum atomic E-state index is -0.479. The largest absolute Gasteiger partial charge is 0.458 e. The van der Waals surface area contributed by atoms with Crippen molar-refractivity contribution in [2.24, 2.45) is 0 Å². The van der Waals surface area contributed by atoms with Crippen LogP contribution in [0, 0.1) is 11.3 Å². The molecule has 0 saturated heterocycles. The molecule has 0 aromatic carbocycles. The molecule has 5 heteroatoms. The van der Waals surface area contributed by atoms with Gasteiger partial charge in [-0.05, 0) is 37.7 Å².